The Labute approximate surface area is 216 Å². The van der Waals surface area contributed by atoms with E-state index in [0.717, 1.165) is 16.7 Å². The summed E-state index contributed by atoms with van der Waals surface area (Å²) >= 11 is 19.4. The zero-order valence-electron chi connectivity index (χ0n) is 18.4. The quantitative estimate of drug-likeness (QED) is 0.194. The van der Waals surface area contributed by atoms with Crippen LogP contribution < -0.4 is 10.1 Å². The molecule has 1 amide bonds. The highest BCUT2D eigenvalue weighted by atomic mass is 35.5. The van der Waals surface area contributed by atoms with Crippen molar-refractivity contribution in [1.29, 1.82) is 0 Å². The van der Waals surface area contributed by atoms with Crippen LogP contribution >= 0.6 is 46.6 Å². The first-order chi connectivity index (χ1) is 16.4. The van der Waals surface area contributed by atoms with Crippen LogP contribution in [-0.2, 0) is 17.9 Å². The molecule has 4 rings (SSSR count). The van der Waals surface area contributed by atoms with E-state index in [0.29, 0.717) is 38.3 Å². The Kier molecular flexibility index (Phi) is 7.88. The fourth-order valence-corrected chi connectivity index (χ4v) is 4.91. The van der Waals surface area contributed by atoms with E-state index in [2.05, 4.69) is 27.6 Å². The lowest BCUT2D eigenvalue weighted by molar-refractivity contribution is -0.113. The number of fused-ring (bicyclic) bond motifs is 1. The van der Waals surface area contributed by atoms with Gasteiger partial charge in [-0.3, -0.25) is 4.79 Å². The van der Waals surface area contributed by atoms with Crippen LogP contribution in [0, 0.1) is 6.92 Å². The zero-order valence-corrected chi connectivity index (χ0v) is 21.5. The summed E-state index contributed by atoms with van der Waals surface area (Å²) in [6, 6.07) is 15.2. The number of hydrogen-bond acceptors (Lipinski definition) is 5. The maximum absolute atomic E-state index is 12.4. The monoisotopic (exact) mass is 534 g/mol. The first kappa shape index (κ1) is 24.7. The lowest BCUT2D eigenvalue weighted by Crippen LogP contribution is -2.15. The van der Waals surface area contributed by atoms with Gasteiger partial charge in [-0.2, -0.15) is 0 Å². The highest BCUT2D eigenvalue weighted by Gasteiger charge is 2.16. The second-order valence-corrected chi connectivity index (χ2v) is 9.59. The summed E-state index contributed by atoms with van der Waals surface area (Å²) in [6.45, 7) is 4.95. The third-order valence-electron chi connectivity index (χ3n) is 5.23. The van der Waals surface area contributed by atoms with Gasteiger partial charge in [-0.25, -0.2) is 0 Å². The molecular formula is C24H21Cl3N4O2S. The lowest BCUT2D eigenvalue weighted by atomic mass is 10.0. The molecule has 0 radical (unpaired) electrons. The van der Waals surface area contributed by atoms with Crippen molar-refractivity contribution in [3.05, 3.63) is 75.0 Å². The second kappa shape index (κ2) is 10.9. The number of thioether (sulfide) groups is 1. The van der Waals surface area contributed by atoms with E-state index in [1.54, 1.807) is 0 Å². The Bertz CT molecular complexity index is 1360. The number of ether oxygens (including phenoxy) is 1. The first-order valence-electron chi connectivity index (χ1n) is 10.5. The van der Waals surface area contributed by atoms with Gasteiger partial charge < -0.3 is 14.6 Å². The topological polar surface area (TPSA) is 69.0 Å². The number of halogens is 3. The molecule has 176 valence electrons. The van der Waals surface area contributed by atoms with Gasteiger partial charge in [-0.1, -0.05) is 76.9 Å². The molecule has 0 saturated carbocycles. The van der Waals surface area contributed by atoms with Gasteiger partial charge in [0.05, 0.1) is 26.5 Å². The van der Waals surface area contributed by atoms with Crippen LogP contribution in [-0.4, -0.2) is 26.4 Å². The largest absolute Gasteiger partial charge is 0.485 e. The first-order valence-corrected chi connectivity index (χ1v) is 12.6. The van der Waals surface area contributed by atoms with E-state index in [-0.39, 0.29) is 18.3 Å². The Balaban J connectivity index is 1.40. The summed E-state index contributed by atoms with van der Waals surface area (Å²) in [4.78, 5) is 12.4. The predicted octanol–water partition coefficient (Wildman–Crippen LogP) is 7.03. The average molecular weight is 536 g/mol. The maximum atomic E-state index is 12.4. The summed E-state index contributed by atoms with van der Waals surface area (Å²) in [5, 5.41) is 15.2. The third-order valence-corrected chi connectivity index (χ3v) is 7.23. The van der Waals surface area contributed by atoms with Crippen LogP contribution in [0.2, 0.25) is 15.1 Å². The van der Waals surface area contributed by atoms with E-state index in [4.69, 9.17) is 39.5 Å². The number of hydrogen-bond donors (Lipinski definition) is 1. The van der Waals surface area contributed by atoms with Crippen molar-refractivity contribution in [1.82, 2.24) is 14.8 Å². The molecule has 0 atom stereocenters. The lowest BCUT2D eigenvalue weighted by Gasteiger charge is -2.12. The van der Waals surface area contributed by atoms with Gasteiger partial charge in [-0.15, -0.1) is 10.2 Å². The average Bonchev–Trinajstić information content (AvgIpc) is 3.22. The summed E-state index contributed by atoms with van der Waals surface area (Å²) in [6.07, 6.45) is 0. The SMILES string of the molecule is CCn1c(COc2ccc3ccccc3c2C)nnc1SCC(=O)Nc1cc(Cl)c(Cl)cc1Cl. The fourth-order valence-electron chi connectivity index (χ4n) is 3.49. The van der Waals surface area contributed by atoms with Crippen molar-refractivity contribution in [2.75, 3.05) is 11.1 Å². The van der Waals surface area contributed by atoms with Gasteiger partial charge in [0, 0.05) is 6.54 Å². The van der Waals surface area contributed by atoms with Crippen molar-refractivity contribution in [2.45, 2.75) is 32.2 Å². The molecule has 10 heteroatoms. The number of nitrogens with zero attached hydrogens (tertiary/aromatic N) is 3. The smallest absolute Gasteiger partial charge is 0.234 e. The van der Waals surface area contributed by atoms with Gasteiger partial charge >= 0.3 is 0 Å². The summed E-state index contributed by atoms with van der Waals surface area (Å²) < 4.78 is 8.01. The van der Waals surface area contributed by atoms with Crippen LogP contribution in [0.1, 0.15) is 18.3 Å². The highest BCUT2D eigenvalue weighted by molar-refractivity contribution is 7.99. The van der Waals surface area contributed by atoms with E-state index in [1.807, 2.05) is 42.7 Å². The number of nitrogens with one attached hydrogen (secondary N) is 1. The Morgan fingerprint density at radius 3 is 2.62 bits per heavy atom. The number of carbonyl (C=O) groups excluding carboxylic acids is 1. The van der Waals surface area contributed by atoms with Crippen molar-refractivity contribution in [3.63, 3.8) is 0 Å². The normalized spacial score (nSPS) is 11.1. The Hall–Kier alpha value is -2.45. The van der Waals surface area contributed by atoms with Crippen molar-refractivity contribution in [2.24, 2.45) is 0 Å². The minimum Gasteiger partial charge on any atom is -0.485 e. The van der Waals surface area contributed by atoms with E-state index >= 15 is 0 Å². The number of aromatic nitrogens is 3. The molecule has 3 aromatic carbocycles. The minimum absolute atomic E-state index is 0.124. The summed E-state index contributed by atoms with van der Waals surface area (Å²) in [7, 11) is 0. The molecule has 6 nitrogen and oxygen atoms in total. The zero-order chi connectivity index (χ0) is 24.2. The van der Waals surface area contributed by atoms with Gasteiger partial charge in [0.1, 0.15) is 12.4 Å². The second-order valence-electron chi connectivity index (χ2n) is 7.42. The van der Waals surface area contributed by atoms with E-state index < -0.39 is 0 Å². The third kappa shape index (κ3) is 5.44. The van der Waals surface area contributed by atoms with Crippen molar-refractivity contribution in [3.8, 4) is 5.75 Å². The molecule has 1 N–H and O–H groups in total. The molecule has 0 aliphatic carbocycles. The summed E-state index contributed by atoms with van der Waals surface area (Å²) in [5.74, 6) is 1.36. The standard InChI is InChI=1S/C24H21Cl3N4O2S/c1-3-31-22(12-33-21-9-8-15-6-4-5-7-16(15)14(21)2)29-30-24(31)34-13-23(32)28-20-11-18(26)17(25)10-19(20)27/h4-11H,3,12-13H2,1-2H3,(H,28,32). The molecule has 1 heterocycles. The number of benzene rings is 3. The number of amides is 1. The molecule has 0 aliphatic heterocycles. The van der Waals surface area contributed by atoms with Crippen LogP contribution in [0.4, 0.5) is 5.69 Å². The van der Waals surface area contributed by atoms with Crippen LogP contribution in [0.3, 0.4) is 0 Å². The van der Waals surface area contributed by atoms with E-state index in [1.165, 1.54) is 29.3 Å². The highest BCUT2D eigenvalue weighted by Crippen LogP contribution is 2.32. The van der Waals surface area contributed by atoms with Crippen LogP contribution in [0.25, 0.3) is 10.8 Å². The summed E-state index contributed by atoms with van der Waals surface area (Å²) in [5.41, 5.74) is 1.48. The number of carbonyl (C=O) groups is 1. The predicted molar refractivity (Wildman–Crippen MR) is 140 cm³/mol. The maximum Gasteiger partial charge on any atom is 0.234 e. The van der Waals surface area contributed by atoms with Gasteiger partial charge in [0.15, 0.2) is 11.0 Å². The van der Waals surface area contributed by atoms with Crippen LogP contribution in [0.5, 0.6) is 5.75 Å². The number of anilines is 1. The van der Waals surface area contributed by atoms with E-state index in [9.17, 15) is 4.79 Å². The molecule has 0 aliphatic rings. The minimum atomic E-state index is -0.250. The molecule has 0 unspecified atom stereocenters. The number of aryl methyl sites for hydroxylation is 1. The fraction of sp³-hybridized carbons (Fsp3) is 0.208. The molecular weight excluding hydrogens is 515 g/mol. The molecule has 1 aromatic heterocycles. The molecule has 0 saturated heterocycles. The molecule has 0 bridgehead atoms. The van der Waals surface area contributed by atoms with Crippen molar-refractivity contribution >= 4 is 68.9 Å². The van der Waals surface area contributed by atoms with Gasteiger partial charge in [0.2, 0.25) is 5.91 Å². The van der Waals surface area contributed by atoms with Gasteiger partial charge in [0.25, 0.3) is 0 Å². The van der Waals surface area contributed by atoms with Crippen molar-refractivity contribution < 1.29 is 9.53 Å². The Morgan fingerprint density at radius 1 is 1.06 bits per heavy atom. The Morgan fingerprint density at radius 2 is 1.82 bits per heavy atom. The van der Waals surface area contributed by atoms with Gasteiger partial charge in [-0.05, 0) is 48.4 Å². The number of rotatable bonds is 8. The van der Waals surface area contributed by atoms with Crippen LogP contribution in [0.15, 0.2) is 53.7 Å². The molecule has 4 aromatic rings. The molecule has 34 heavy (non-hydrogen) atoms. The molecule has 0 spiro atoms. The molecule has 0 fully saturated rings.